The van der Waals surface area contributed by atoms with E-state index in [1.54, 1.807) is 0 Å². The Hall–Kier alpha value is -0.770. The van der Waals surface area contributed by atoms with Crippen molar-refractivity contribution in [2.45, 2.75) is 46.0 Å². The van der Waals surface area contributed by atoms with Crippen LogP contribution in [0, 0.1) is 11.8 Å². The molecule has 0 aliphatic rings. The maximum Gasteiger partial charge on any atom is 0.205 e. The molecule has 0 rings (SSSR count). The van der Waals surface area contributed by atoms with Gasteiger partial charge in [-0.25, -0.2) is 0 Å². The van der Waals surface area contributed by atoms with Crippen molar-refractivity contribution in [3.05, 3.63) is 0 Å². The van der Waals surface area contributed by atoms with Gasteiger partial charge in [-0.3, -0.25) is 4.79 Å². The predicted molar refractivity (Wildman–Crippen MR) is 47.2 cm³/mol. The van der Waals surface area contributed by atoms with Gasteiger partial charge in [0.05, 0.1) is 0 Å². The molecule has 11 heavy (non-hydrogen) atoms. The molecule has 1 nitrogen and oxygen atoms in total. The van der Waals surface area contributed by atoms with E-state index in [1.807, 2.05) is 6.92 Å². The van der Waals surface area contributed by atoms with Crippen LogP contribution in [0.5, 0.6) is 0 Å². The second-order valence-corrected chi connectivity index (χ2v) is 2.54. The summed E-state index contributed by atoms with van der Waals surface area (Å²) in [5, 5.41) is 0. The van der Waals surface area contributed by atoms with Crippen LogP contribution in [0.2, 0.25) is 0 Å². The van der Waals surface area contributed by atoms with Gasteiger partial charge in [-0.1, -0.05) is 32.6 Å². The van der Waals surface area contributed by atoms with Crippen molar-refractivity contribution in [1.29, 1.82) is 0 Å². The maximum atomic E-state index is 10.9. The van der Waals surface area contributed by atoms with E-state index in [0.29, 0.717) is 6.42 Å². The molecule has 0 saturated heterocycles. The van der Waals surface area contributed by atoms with Gasteiger partial charge in [-0.15, -0.1) is 0 Å². The van der Waals surface area contributed by atoms with Gasteiger partial charge in [0, 0.05) is 12.8 Å². The number of carbonyl (C=O) groups excluding carboxylic acids is 1. The molecule has 0 saturated carbocycles. The van der Waals surface area contributed by atoms with Crippen LogP contribution in [-0.2, 0) is 4.79 Å². The Labute approximate surface area is 69.2 Å². The van der Waals surface area contributed by atoms with Crippen LogP contribution >= 0.6 is 0 Å². The molecule has 0 bridgehead atoms. The summed E-state index contributed by atoms with van der Waals surface area (Å²) in [5.74, 6) is 5.48. The zero-order valence-corrected chi connectivity index (χ0v) is 7.44. The Morgan fingerprint density at radius 2 is 2.00 bits per heavy atom. The van der Waals surface area contributed by atoms with Gasteiger partial charge in [-0.2, -0.15) is 0 Å². The van der Waals surface area contributed by atoms with Crippen molar-refractivity contribution < 1.29 is 4.79 Å². The number of unbranched alkanes of at least 4 members (excludes halogenated alkanes) is 2. The molecule has 0 amide bonds. The number of rotatable bonds is 4. The van der Waals surface area contributed by atoms with Crippen LogP contribution < -0.4 is 0 Å². The van der Waals surface area contributed by atoms with Gasteiger partial charge in [0.1, 0.15) is 0 Å². The lowest BCUT2D eigenvalue weighted by Gasteiger charge is -1.90. The minimum Gasteiger partial charge on any atom is -0.285 e. The summed E-state index contributed by atoms with van der Waals surface area (Å²) in [7, 11) is 0. The van der Waals surface area contributed by atoms with Crippen LogP contribution in [0.1, 0.15) is 46.0 Å². The fourth-order valence-electron chi connectivity index (χ4n) is 0.785. The zero-order valence-electron chi connectivity index (χ0n) is 7.44. The monoisotopic (exact) mass is 152 g/mol. The molecule has 1 heteroatoms. The van der Waals surface area contributed by atoms with Gasteiger partial charge in [0.25, 0.3) is 0 Å². The molecular formula is C10H16O. The first-order valence-electron chi connectivity index (χ1n) is 4.33. The van der Waals surface area contributed by atoms with Crippen LogP contribution in [0.3, 0.4) is 0 Å². The molecule has 0 aromatic rings. The molecule has 0 aromatic heterocycles. The summed E-state index contributed by atoms with van der Waals surface area (Å²) < 4.78 is 0. The third kappa shape index (κ3) is 7.12. The van der Waals surface area contributed by atoms with Crippen molar-refractivity contribution in [3.8, 4) is 11.8 Å². The average Bonchev–Trinajstić information content (AvgIpc) is 2.01. The van der Waals surface area contributed by atoms with E-state index in [4.69, 9.17) is 0 Å². The lowest BCUT2D eigenvalue weighted by atomic mass is 10.1. The van der Waals surface area contributed by atoms with Crippen molar-refractivity contribution in [2.24, 2.45) is 0 Å². The number of hydrogen-bond acceptors (Lipinski definition) is 1. The summed E-state index contributed by atoms with van der Waals surface area (Å²) >= 11 is 0. The molecule has 0 aliphatic carbocycles. The highest BCUT2D eigenvalue weighted by Crippen LogP contribution is 1.98. The quantitative estimate of drug-likeness (QED) is 0.344. The minimum absolute atomic E-state index is 0.0975. The SMILES string of the molecule is CCC#CC(=O)CCCCC. The molecule has 62 valence electrons. The largest absolute Gasteiger partial charge is 0.285 e. The van der Waals surface area contributed by atoms with E-state index >= 15 is 0 Å². The van der Waals surface area contributed by atoms with Gasteiger partial charge in [0.15, 0.2) is 0 Å². The molecular weight excluding hydrogens is 136 g/mol. The predicted octanol–water partition coefficient (Wildman–Crippen LogP) is 2.55. The Morgan fingerprint density at radius 1 is 1.27 bits per heavy atom. The molecule has 0 atom stereocenters. The topological polar surface area (TPSA) is 17.1 Å². The third-order valence-corrected chi connectivity index (χ3v) is 1.41. The first-order valence-corrected chi connectivity index (χ1v) is 4.33. The molecule has 0 unspecified atom stereocenters. The van der Waals surface area contributed by atoms with Gasteiger partial charge >= 0.3 is 0 Å². The van der Waals surface area contributed by atoms with Crippen LogP contribution in [0.15, 0.2) is 0 Å². The summed E-state index contributed by atoms with van der Waals surface area (Å²) in [4.78, 5) is 10.9. The highest BCUT2D eigenvalue weighted by atomic mass is 16.1. The van der Waals surface area contributed by atoms with E-state index in [-0.39, 0.29) is 5.78 Å². The lowest BCUT2D eigenvalue weighted by molar-refractivity contribution is -0.113. The van der Waals surface area contributed by atoms with E-state index in [0.717, 1.165) is 25.7 Å². The fourth-order valence-corrected chi connectivity index (χ4v) is 0.785. The number of ketones is 1. The molecule has 0 heterocycles. The van der Waals surface area contributed by atoms with Crippen molar-refractivity contribution in [3.63, 3.8) is 0 Å². The maximum absolute atomic E-state index is 10.9. The van der Waals surface area contributed by atoms with E-state index in [9.17, 15) is 4.79 Å². The summed E-state index contributed by atoms with van der Waals surface area (Å²) in [6.45, 7) is 4.08. The Balaban J connectivity index is 3.37. The Bertz CT molecular complexity index is 159. The first-order chi connectivity index (χ1) is 5.31. The van der Waals surface area contributed by atoms with Gasteiger partial charge in [-0.05, 0) is 12.3 Å². The average molecular weight is 152 g/mol. The third-order valence-electron chi connectivity index (χ3n) is 1.41. The van der Waals surface area contributed by atoms with E-state index in [1.165, 1.54) is 0 Å². The van der Waals surface area contributed by atoms with Crippen LogP contribution in [0.25, 0.3) is 0 Å². The lowest BCUT2D eigenvalue weighted by Crippen LogP contribution is -1.92. The molecule has 0 radical (unpaired) electrons. The standard InChI is InChI=1S/C10H16O/c1-3-5-7-9-10(11)8-6-4-2/h3-5,7,9H2,1-2H3. The molecule has 0 spiro atoms. The van der Waals surface area contributed by atoms with Crippen LogP contribution in [-0.4, -0.2) is 5.78 Å². The van der Waals surface area contributed by atoms with Crippen molar-refractivity contribution >= 4 is 5.78 Å². The number of carbonyl (C=O) groups is 1. The second-order valence-electron chi connectivity index (χ2n) is 2.54. The highest BCUT2D eigenvalue weighted by molar-refractivity contribution is 5.95. The van der Waals surface area contributed by atoms with E-state index in [2.05, 4.69) is 18.8 Å². The zero-order chi connectivity index (χ0) is 8.53. The summed E-state index contributed by atoms with van der Waals surface area (Å²) in [6.07, 6.45) is 4.71. The van der Waals surface area contributed by atoms with Crippen molar-refractivity contribution in [2.75, 3.05) is 0 Å². The summed E-state index contributed by atoms with van der Waals surface area (Å²) in [6, 6.07) is 0. The summed E-state index contributed by atoms with van der Waals surface area (Å²) in [5.41, 5.74) is 0. The van der Waals surface area contributed by atoms with E-state index < -0.39 is 0 Å². The Kier molecular flexibility index (Phi) is 6.82. The normalized spacial score (nSPS) is 8.55. The Morgan fingerprint density at radius 3 is 2.55 bits per heavy atom. The minimum atomic E-state index is 0.0975. The first kappa shape index (κ1) is 10.2. The highest BCUT2D eigenvalue weighted by Gasteiger charge is 1.94. The smallest absolute Gasteiger partial charge is 0.205 e. The number of hydrogen-bond donors (Lipinski definition) is 0. The molecule has 0 aliphatic heterocycles. The molecule has 0 N–H and O–H groups in total. The van der Waals surface area contributed by atoms with Gasteiger partial charge in [0.2, 0.25) is 5.78 Å². The van der Waals surface area contributed by atoms with Crippen molar-refractivity contribution in [1.82, 2.24) is 0 Å². The van der Waals surface area contributed by atoms with Crippen LogP contribution in [0.4, 0.5) is 0 Å². The van der Waals surface area contributed by atoms with Gasteiger partial charge < -0.3 is 0 Å². The second kappa shape index (κ2) is 7.34. The molecule has 0 fully saturated rings. The molecule has 0 aromatic carbocycles. The number of Topliss-reactive ketones (excluding diaryl/α,β-unsaturated/α-hetero) is 1. The fraction of sp³-hybridized carbons (Fsp3) is 0.700.